The molecular weight excluding hydrogens is 240 g/mol. The summed E-state index contributed by atoms with van der Waals surface area (Å²) in [6.45, 7) is 1.22. The Balaban J connectivity index is 1.61. The molecule has 0 unspecified atom stereocenters. The van der Waals surface area contributed by atoms with Crippen LogP contribution in [0.4, 0.5) is 5.69 Å². The third-order valence-electron chi connectivity index (χ3n) is 3.76. The van der Waals surface area contributed by atoms with Crippen LogP contribution in [0.1, 0.15) is 24.8 Å². The molecule has 19 heavy (non-hydrogen) atoms. The third kappa shape index (κ3) is 2.89. The SMILES string of the molecule is CN1C(=O)COc2ccc(CCCNC3CC3)cc21. The zero-order chi connectivity index (χ0) is 13.2. The molecule has 3 rings (SSSR count). The summed E-state index contributed by atoms with van der Waals surface area (Å²) < 4.78 is 5.42. The van der Waals surface area contributed by atoms with E-state index in [1.807, 2.05) is 13.1 Å². The predicted octanol–water partition coefficient (Wildman–Crippen LogP) is 1.73. The van der Waals surface area contributed by atoms with E-state index >= 15 is 0 Å². The highest BCUT2D eigenvalue weighted by Crippen LogP contribution is 2.32. The van der Waals surface area contributed by atoms with Crippen molar-refractivity contribution in [2.24, 2.45) is 0 Å². The maximum Gasteiger partial charge on any atom is 0.264 e. The second-order valence-corrected chi connectivity index (χ2v) is 5.38. The number of likely N-dealkylation sites (N-methyl/N-ethyl adjacent to an activating group) is 1. The Bertz CT molecular complexity index is 483. The highest BCUT2D eigenvalue weighted by molar-refractivity contribution is 5.97. The molecule has 4 nitrogen and oxygen atoms in total. The minimum Gasteiger partial charge on any atom is -0.482 e. The van der Waals surface area contributed by atoms with Crippen LogP contribution in [0, 0.1) is 0 Å². The average Bonchev–Trinajstić information content (AvgIpc) is 3.24. The molecule has 0 aromatic heterocycles. The summed E-state index contributed by atoms with van der Waals surface area (Å²) in [7, 11) is 1.81. The molecule has 4 heteroatoms. The first-order valence-corrected chi connectivity index (χ1v) is 7.00. The van der Waals surface area contributed by atoms with Crippen molar-refractivity contribution in [1.29, 1.82) is 0 Å². The van der Waals surface area contributed by atoms with Gasteiger partial charge in [0, 0.05) is 13.1 Å². The van der Waals surface area contributed by atoms with Crippen molar-refractivity contribution in [2.75, 3.05) is 25.1 Å². The number of nitrogens with zero attached hydrogens (tertiary/aromatic N) is 1. The van der Waals surface area contributed by atoms with Gasteiger partial charge in [-0.25, -0.2) is 0 Å². The lowest BCUT2D eigenvalue weighted by atomic mass is 10.1. The minimum absolute atomic E-state index is 0.0139. The molecule has 1 saturated carbocycles. The number of amides is 1. The van der Waals surface area contributed by atoms with E-state index in [0.717, 1.165) is 36.9 Å². The van der Waals surface area contributed by atoms with Gasteiger partial charge < -0.3 is 15.0 Å². The zero-order valence-corrected chi connectivity index (χ0v) is 11.3. The topological polar surface area (TPSA) is 41.6 Å². The maximum atomic E-state index is 11.6. The third-order valence-corrected chi connectivity index (χ3v) is 3.76. The lowest BCUT2D eigenvalue weighted by Crippen LogP contribution is -2.35. The molecule has 1 fully saturated rings. The number of carbonyl (C=O) groups excluding carboxylic acids is 1. The van der Waals surface area contributed by atoms with Gasteiger partial charge >= 0.3 is 0 Å². The van der Waals surface area contributed by atoms with E-state index in [-0.39, 0.29) is 12.5 Å². The normalized spacial score (nSPS) is 18.2. The molecule has 0 spiro atoms. The number of benzene rings is 1. The van der Waals surface area contributed by atoms with Crippen LogP contribution in [0.15, 0.2) is 18.2 Å². The van der Waals surface area contributed by atoms with Crippen LogP contribution in [0.2, 0.25) is 0 Å². The van der Waals surface area contributed by atoms with Crippen LogP contribution in [0.5, 0.6) is 5.75 Å². The number of aryl methyl sites for hydroxylation is 1. The summed E-state index contributed by atoms with van der Waals surface area (Å²) in [5.41, 5.74) is 2.16. The molecule has 102 valence electrons. The average molecular weight is 260 g/mol. The van der Waals surface area contributed by atoms with Crippen molar-refractivity contribution in [3.8, 4) is 5.75 Å². The van der Waals surface area contributed by atoms with Gasteiger partial charge in [-0.1, -0.05) is 6.07 Å². The van der Waals surface area contributed by atoms with Crippen molar-refractivity contribution in [1.82, 2.24) is 5.32 Å². The van der Waals surface area contributed by atoms with E-state index in [1.54, 1.807) is 4.90 Å². The van der Waals surface area contributed by atoms with Gasteiger partial charge in [-0.05, 0) is 49.9 Å². The van der Waals surface area contributed by atoms with Crippen LogP contribution in [0.3, 0.4) is 0 Å². The molecule has 1 aromatic rings. The molecular formula is C15H20N2O2. The first kappa shape index (κ1) is 12.5. The van der Waals surface area contributed by atoms with E-state index in [0.29, 0.717) is 0 Å². The maximum absolute atomic E-state index is 11.6. The quantitative estimate of drug-likeness (QED) is 0.820. The van der Waals surface area contributed by atoms with Gasteiger partial charge in [0.25, 0.3) is 5.91 Å². The first-order chi connectivity index (χ1) is 9.24. The highest BCUT2D eigenvalue weighted by atomic mass is 16.5. The summed E-state index contributed by atoms with van der Waals surface area (Å²) in [6.07, 6.45) is 4.84. The number of anilines is 1. The van der Waals surface area contributed by atoms with Gasteiger partial charge in [-0.15, -0.1) is 0 Å². The molecule has 2 aliphatic rings. The Hall–Kier alpha value is -1.55. The summed E-state index contributed by atoms with van der Waals surface area (Å²) in [5.74, 6) is 0.821. The summed E-state index contributed by atoms with van der Waals surface area (Å²) in [5, 5.41) is 3.52. The van der Waals surface area contributed by atoms with Crippen molar-refractivity contribution < 1.29 is 9.53 Å². The predicted molar refractivity (Wildman–Crippen MR) is 74.7 cm³/mol. The largest absolute Gasteiger partial charge is 0.482 e. The number of hydrogen-bond donors (Lipinski definition) is 1. The van der Waals surface area contributed by atoms with Gasteiger partial charge in [0.15, 0.2) is 6.61 Å². The van der Waals surface area contributed by atoms with Crippen molar-refractivity contribution in [2.45, 2.75) is 31.7 Å². The number of fused-ring (bicyclic) bond motifs is 1. The number of rotatable bonds is 5. The van der Waals surface area contributed by atoms with Crippen LogP contribution in [0.25, 0.3) is 0 Å². The first-order valence-electron chi connectivity index (χ1n) is 7.00. The Morgan fingerprint density at radius 2 is 2.26 bits per heavy atom. The number of nitrogens with one attached hydrogen (secondary N) is 1. The van der Waals surface area contributed by atoms with E-state index in [1.165, 1.54) is 18.4 Å². The Morgan fingerprint density at radius 1 is 1.42 bits per heavy atom. The van der Waals surface area contributed by atoms with E-state index in [9.17, 15) is 4.79 Å². The van der Waals surface area contributed by atoms with Crippen molar-refractivity contribution in [3.63, 3.8) is 0 Å². The molecule has 0 radical (unpaired) electrons. The second-order valence-electron chi connectivity index (χ2n) is 5.38. The van der Waals surface area contributed by atoms with Crippen LogP contribution >= 0.6 is 0 Å². The molecule has 1 amide bonds. The minimum atomic E-state index is 0.0139. The van der Waals surface area contributed by atoms with Crippen LogP contribution in [-0.4, -0.2) is 32.1 Å². The monoisotopic (exact) mass is 260 g/mol. The fourth-order valence-corrected chi connectivity index (χ4v) is 2.36. The van der Waals surface area contributed by atoms with Crippen LogP contribution in [-0.2, 0) is 11.2 Å². The molecule has 1 aromatic carbocycles. The Kier molecular flexibility index (Phi) is 3.42. The fraction of sp³-hybridized carbons (Fsp3) is 0.533. The van der Waals surface area contributed by atoms with Crippen LogP contribution < -0.4 is 15.0 Å². The van der Waals surface area contributed by atoms with Crippen molar-refractivity contribution >= 4 is 11.6 Å². The molecule has 0 saturated heterocycles. The van der Waals surface area contributed by atoms with Gasteiger partial charge in [0.05, 0.1) is 5.69 Å². The fourth-order valence-electron chi connectivity index (χ4n) is 2.36. The number of ether oxygens (including phenoxy) is 1. The summed E-state index contributed by atoms with van der Waals surface area (Å²) in [4.78, 5) is 13.3. The Labute approximate surface area is 113 Å². The lowest BCUT2D eigenvalue weighted by molar-refractivity contribution is -0.120. The zero-order valence-electron chi connectivity index (χ0n) is 11.3. The lowest BCUT2D eigenvalue weighted by Gasteiger charge is -2.26. The van der Waals surface area contributed by atoms with Gasteiger partial charge in [0.1, 0.15) is 5.75 Å². The summed E-state index contributed by atoms with van der Waals surface area (Å²) >= 11 is 0. The van der Waals surface area contributed by atoms with Gasteiger partial charge in [-0.3, -0.25) is 4.79 Å². The molecule has 1 N–H and O–H groups in total. The standard InChI is InChI=1S/C15H20N2O2/c1-17-13-9-11(3-2-8-16-12-5-6-12)4-7-14(13)19-10-15(17)18/h4,7,9,12,16H,2-3,5-6,8,10H2,1H3. The highest BCUT2D eigenvalue weighted by Gasteiger charge is 2.22. The molecule has 1 heterocycles. The molecule has 1 aliphatic carbocycles. The van der Waals surface area contributed by atoms with Crippen molar-refractivity contribution in [3.05, 3.63) is 23.8 Å². The molecule has 0 atom stereocenters. The van der Waals surface area contributed by atoms with Gasteiger partial charge in [0.2, 0.25) is 0 Å². The number of carbonyl (C=O) groups is 1. The van der Waals surface area contributed by atoms with E-state index in [4.69, 9.17) is 4.74 Å². The molecule has 0 bridgehead atoms. The van der Waals surface area contributed by atoms with Gasteiger partial charge in [-0.2, -0.15) is 0 Å². The van der Waals surface area contributed by atoms with E-state index < -0.39 is 0 Å². The molecule has 1 aliphatic heterocycles. The summed E-state index contributed by atoms with van der Waals surface area (Å²) in [6, 6.07) is 6.92. The smallest absolute Gasteiger partial charge is 0.264 e. The Morgan fingerprint density at radius 3 is 3.05 bits per heavy atom. The number of hydrogen-bond acceptors (Lipinski definition) is 3. The van der Waals surface area contributed by atoms with E-state index in [2.05, 4.69) is 17.4 Å². The second kappa shape index (κ2) is 5.21.